The van der Waals surface area contributed by atoms with Crippen molar-refractivity contribution in [2.24, 2.45) is 0 Å². The first-order valence-electron chi connectivity index (χ1n) is 15.0. The van der Waals surface area contributed by atoms with Crippen molar-refractivity contribution in [1.29, 1.82) is 0 Å². The molecule has 44 heavy (non-hydrogen) atoms. The molecule has 1 fully saturated rings. The summed E-state index contributed by atoms with van der Waals surface area (Å²) in [6, 6.07) is 7.06. The number of fused-ring (bicyclic) bond motifs is 1. The predicted octanol–water partition coefficient (Wildman–Crippen LogP) is 5.97. The van der Waals surface area contributed by atoms with Crippen molar-refractivity contribution in [2.75, 3.05) is 30.3 Å². The van der Waals surface area contributed by atoms with Crippen LogP contribution < -0.4 is 10.6 Å². The van der Waals surface area contributed by atoms with E-state index in [1.165, 1.54) is 26.5 Å². The number of hydrogen-bond donors (Lipinski definition) is 2. The van der Waals surface area contributed by atoms with E-state index in [2.05, 4.69) is 36.6 Å². The Kier molecular flexibility index (Phi) is 9.18. The van der Waals surface area contributed by atoms with E-state index in [1.54, 1.807) is 41.5 Å². The molecule has 1 saturated heterocycles. The van der Waals surface area contributed by atoms with Crippen molar-refractivity contribution in [1.82, 2.24) is 19.2 Å². The van der Waals surface area contributed by atoms with Gasteiger partial charge in [-0.15, -0.1) is 0 Å². The fraction of sp³-hybridized carbons (Fsp3) is 0.515. The van der Waals surface area contributed by atoms with Gasteiger partial charge >= 0.3 is 12.2 Å². The Balaban J connectivity index is 1.64. The fourth-order valence-corrected chi connectivity index (χ4v) is 5.15. The van der Waals surface area contributed by atoms with Crippen LogP contribution in [0.4, 0.5) is 21.0 Å². The van der Waals surface area contributed by atoms with Crippen molar-refractivity contribution >= 4 is 35.1 Å². The lowest BCUT2D eigenvalue weighted by atomic mass is 10.0. The highest BCUT2D eigenvalue weighted by molar-refractivity contribution is 5.98. The van der Waals surface area contributed by atoms with E-state index >= 15 is 0 Å². The van der Waals surface area contributed by atoms with Crippen LogP contribution in [-0.4, -0.2) is 74.2 Å². The van der Waals surface area contributed by atoms with Gasteiger partial charge in [0.2, 0.25) is 5.91 Å². The molecule has 3 amide bonds. The van der Waals surface area contributed by atoms with Crippen LogP contribution in [0.25, 0.3) is 5.65 Å². The van der Waals surface area contributed by atoms with Crippen LogP contribution in [0.3, 0.4) is 0 Å². The van der Waals surface area contributed by atoms with Gasteiger partial charge in [-0.3, -0.25) is 9.69 Å². The number of carbonyl (C=O) groups excluding carboxylic acids is 3. The lowest BCUT2D eigenvalue weighted by molar-refractivity contribution is -0.123. The first-order valence-corrected chi connectivity index (χ1v) is 15.0. The molecule has 0 unspecified atom stereocenters. The van der Waals surface area contributed by atoms with E-state index in [0.29, 0.717) is 12.2 Å². The van der Waals surface area contributed by atoms with E-state index in [-0.39, 0.29) is 19.6 Å². The molecule has 1 aliphatic heterocycles. The SMILES string of the molecule is Cc1cccc(C)c1CNc1cc(NC(=O)[C@@H]2CN(C(=O)OC(C)(C)C)CCN2C(=O)OC(C)(C)C)cn2c(C)c(C)nc12. The molecule has 4 rings (SSSR count). The Labute approximate surface area is 259 Å². The second-order valence-electron chi connectivity index (χ2n) is 13.4. The quantitative estimate of drug-likeness (QED) is 0.367. The summed E-state index contributed by atoms with van der Waals surface area (Å²) in [4.78, 5) is 47.7. The molecule has 11 heteroatoms. The highest BCUT2D eigenvalue weighted by Gasteiger charge is 2.40. The molecule has 11 nitrogen and oxygen atoms in total. The van der Waals surface area contributed by atoms with Crippen LogP contribution in [0.2, 0.25) is 0 Å². The summed E-state index contributed by atoms with van der Waals surface area (Å²) in [7, 11) is 0. The zero-order chi connectivity index (χ0) is 32.6. The molecule has 0 saturated carbocycles. The summed E-state index contributed by atoms with van der Waals surface area (Å²) in [6.45, 7) is 19.6. The molecule has 3 aromatic rings. The minimum Gasteiger partial charge on any atom is -0.444 e. The third-order valence-corrected chi connectivity index (χ3v) is 7.53. The van der Waals surface area contributed by atoms with Crippen LogP contribution in [0.5, 0.6) is 0 Å². The van der Waals surface area contributed by atoms with Crippen LogP contribution in [-0.2, 0) is 20.8 Å². The van der Waals surface area contributed by atoms with E-state index in [4.69, 9.17) is 14.5 Å². The largest absolute Gasteiger partial charge is 0.444 e. The molecule has 238 valence electrons. The summed E-state index contributed by atoms with van der Waals surface area (Å²) in [5, 5.41) is 6.53. The van der Waals surface area contributed by atoms with Gasteiger partial charge < -0.3 is 29.4 Å². The number of nitrogens with one attached hydrogen (secondary N) is 2. The molecule has 1 atom stereocenters. The molecule has 1 aliphatic rings. The summed E-state index contributed by atoms with van der Waals surface area (Å²) in [5.41, 5.74) is 5.94. The van der Waals surface area contributed by atoms with Crippen molar-refractivity contribution in [2.45, 2.75) is 93.0 Å². The zero-order valence-electron chi connectivity index (χ0n) is 27.6. The molecule has 2 aromatic heterocycles. The normalized spacial score (nSPS) is 15.7. The topological polar surface area (TPSA) is 118 Å². The lowest BCUT2D eigenvalue weighted by Crippen LogP contribution is -2.61. The van der Waals surface area contributed by atoms with E-state index < -0.39 is 35.3 Å². The van der Waals surface area contributed by atoms with Gasteiger partial charge in [-0.2, -0.15) is 0 Å². The number of anilines is 2. The summed E-state index contributed by atoms with van der Waals surface area (Å²) >= 11 is 0. The van der Waals surface area contributed by atoms with Gasteiger partial charge in [-0.1, -0.05) is 18.2 Å². The summed E-state index contributed by atoms with van der Waals surface area (Å²) in [6.07, 6.45) is 0.663. The maximum Gasteiger partial charge on any atom is 0.411 e. The molecular weight excluding hydrogens is 560 g/mol. The molecule has 0 bridgehead atoms. The first kappa shape index (κ1) is 32.6. The number of pyridine rings is 1. The molecule has 3 heterocycles. The van der Waals surface area contributed by atoms with Crippen LogP contribution in [0, 0.1) is 27.7 Å². The van der Waals surface area contributed by atoms with Gasteiger partial charge in [-0.05, 0) is 92.0 Å². The molecule has 1 aromatic carbocycles. The molecular formula is C33H46N6O5. The summed E-state index contributed by atoms with van der Waals surface area (Å²) < 4.78 is 13.1. The second kappa shape index (κ2) is 12.4. The number of aromatic nitrogens is 2. The molecule has 2 N–H and O–H groups in total. The highest BCUT2D eigenvalue weighted by Crippen LogP contribution is 2.27. The Morgan fingerprint density at radius 3 is 2.16 bits per heavy atom. The van der Waals surface area contributed by atoms with E-state index in [0.717, 1.165) is 22.7 Å². The van der Waals surface area contributed by atoms with Gasteiger partial charge in [0, 0.05) is 31.5 Å². The Hall–Kier alpha value is -4.28. The maximum atomic E-state index is 13.9. The number of amides is 3. The minimum atomic E-state index is -1.00. The predicted molar refractivity (Wildman–Crippen MR) is 171 cm³/mol. The molecule has 0 radical (unpaired) electrons. The van der Waals surface area contributed by atoms with Crippen molar-refractivity contribution in [3.05, 3.63) is 58.5 Å². The van der Waals surface area contributed by atoms with Crippen LogP contribution in [0.1, 0.15) is 69.6 Å². The fourth-order valence-electron chi connectivity index (χ4n) is 5.15. The first-order chi connectivity index (χ1) is 20.4. The van der Waals surface area contributed by atoms with Crippen molar-refractivity contribution < 1.29 is 23.9 Å². The van der Waals surface area contributed by atoms with Crippen LogP contribution in [0.15, 0.2) is 30.5 Å². The number of rotatable bonds is 5. The highest BCUT2D eigenvalue weighted by atomic mass is 16.6. The average Bonchev–Trinajstić information content (AvgIpc) is 3.19. The number of hydrogen-bond acceptors (Lipinski definition) is 7. The number of imidazole rings is 1. The standard InChI is InChI=1S/C33H46N6O5/c1-20-12-11-13-21(2)25(20)17-34-26-16-24(18-39-23(4)22(3)35-28(26)39)36-29(40)27-19-37(30(41)43-32(5,6)7)14-15-38(27)31(42)44-33(8,9)10/h11-13,16,18,27,34H,14-15,17,19H2,1-10H3,(H,36,40)/t27-/m0/s1. The maximum absolute atomic E-state index is 13.9. The van der Waals surface area contributed by atoms with E-state index in [1.807, 2.05) is 36.6 Å². The van der Waals surface area contributed by atoms with Crippen LogP contribution >= 0.6 is 0 Å². The third-order valence-electron chi connectivity index (χ3n) is 7.53. The average molecular weight is 607 g/mol. The number of piperazine rings is 1. The number of benzene rings is 1. The van der Waals surface area contributed by atoms with Gasteiger partial charge in [0.05, 0.1) is 23.6 Å². The third kappa shape index (κ3) is 7.62. The van der Waals surface area contributed by atoms with Gasteiger partial charge in [-0.25, -0.2) is 14.6 Å². The smallest absolute Gasteiger partial charge is 0.411 e. The lowest BCUT2D eigenvalue weighted by Gasteiger charge is -2.41. The van der Waals surface area contributed by atoms with E-state index in [9.17, 15) is 14.4 Å². The summed E-state index contributed by atoms with van der Waals surface area (Å²) in [5.74, 6) is -0.446. The molecule has 0 spiro atoms. The van der Waals surface area contributed by atoms with Gasteiger partial charge in [0.25, 0.3) is 0 Å². The Morgan fingerprint density at radius 1 is 0.932 bits per heavy atom. The Morgan fingerprint density at radius 2 is 1.55 bits per heavy atom. The Bertz CT molecular complexity index is 1550. The molecule has 0 aliphatic carbocycles. The second-order valence-corrected chi connectivity index (χ2v) is 13.4. The monoisotopic (exact) mass is 606 g/mol. The van der Waals surface area contributed by atoms with Gasteiger partial charge in [0.1, 0.15) is 17.2 Å². The number of carbonyl (C=O) groups is 3. The van der Waals surface area contributed by atoms with Gasteiger partial charge in [0.15, 0.2) is 5.65 Å². The number of aryl methyl sites for hydroxylation is 4. The van der Waals surface area contributed by atoms with Crippen molar-refractivity contribution in [3.63, 3.8) is 0 Å². The number of ether oxygens (including phenoxy) is 2. The minimum absolute atomic E-state index is 0.0386. The zero-order valence-corrected chi connectivity index (χ0v) is 27.6. The van der Waals surface area contributed by atoms with Crippen molar-refractivity contribution in [3.8, 4) is 0 Å². The number of nitrogens with zero attached hydrogens (tertiary/aromatic N) is 4.